The Hall–Kier alpha value is -1.42. The fourth-order valence-electron chi connectivity index (χ4n) is 11.2. The van der Waals surface area contributed by atoms with Crippen LogP contribution in [0.4, 0.5) is 0 Å². The zero-order valence-electron chi connectivity index (χ0n) is 51.9. The minimum absolute atomic E-state index is 0.256. The maximum Gasteiger partial charge on any atom is 0.397 e. The Bertz CT molecular complexity index is 1500. The molecule has 0 aliphatic carbocycles. The number of unbranched alkanes of at least 4 members (excludes halogenated alkanes) is 47. The summed E-state index contributed by atoms with van der Waals surface area (Å²) in [6.07, 6.45) is 63.9. The molecule has 0 radical (unpaired) electrons. The van der Waals surface area contributed by atoms with Crippen molar-refractivity contribution in [2.45, 2.75) is 384 Å². The summed E-state index contributed by atoms with van der Waals surface area (Å²) in [5, 5.41) is 45.2. The predicted octanol–water partition coefficient (Wildman–Crippen LogP) is 17.5. The summed E-state index contributed by atoms with van der Waals surface area (Å²) in [7, 11) is -5.09. The molecule has 1 fully saturated rings. The third-order valence-electron chi connectivity index (χ3n) is 16.5. The van der Waals surface area contributed by atoms with Gasteiger partial charge in [0.25, 0.3) is 0 Å². The van der Waals surface area contributed by atoms with Crippen LogP contribution in [0.15, 0.2) is 24.3 Å². The van der Waals surface area contributed by atoms with Crippen molar-refractivity contribution in [3.05, 3.63) is 24.3 Å². The van der Waals surface area contributed by atoms with Crippen LogP contribution in [-0.2, 0) is 28.9 Å². The molecule has 1 aliphatic rings. The van der Waals surface area contributed by atoms with Gasteiger partial charge in [0, 0.05) is 6.42 Å². The maximum atomic E-state index is 13.2. The van der Waals surface area contributed by atoms with E-state index in [1.54, 1.807) is 6.08 Å². The van der Waals surface area contributed by atoms with Gasteiger partial charge in [-0.15, -0.1) is 0 Å². The van der Waals surface area contributed by atoms with E-state index in [0.717, 1.165) is 38.5 Å². The van der Waals surface area contributed by atoms with Gasteiger partial charge < -0.3 is 35.2 Å². The highest BCUT2D eigenvalue weighted by atomic mass is 32.3. The second-order valence-corrected chi connectivity index (χ2v) is 25.2. The van der Waals surface area contributed by atoms with Crippen LogP contribution < -0.4 is 5.32 Å². The van der Waals surface area contributed by atoms with Gasteiger partial charge >= 0.3 is 10.4 Å². The molecule has 80 heavy (non-hydrogen) atoms. The van der Waals surface area contributed by atoms with E-state index in [1.165, 1.54) is 276 Å². The Morgan fingerprint density at radius 3 is 1.12 bits per heavy atom. The summed E-state index contributed by atoms with van der Waals surface area (Å²) in [4.78, 5) is 13.2. The Morgan fingerprint density at radius 2 is 0.800 bits per heavy atom. The third kappa shape index (κ3) is 47.9. The fourth-order valence-corrected chi connectivity index (χ4v) is 11.7. The zero-order valence-corrected chi connectivity index (χ0v) is 52.7. The van der Waals surface area contributed by atoms with Gasteiger partial charge in [0.2, 0.25) is 5.91 Å². The van der Waals surface area contributed by atoms with Crippen LogP contribution in [0, 0.1) is 0 Å². The summed E-state index contributed by atoms with van der Waals surface area (Å²) in [5.74, 6) is -0.256. The molecule has 474 valence electrons. The summed E-state index contributed by atoms with van der Waals surface area (Å²) >= 11 is 0. The van der Waals surface area contributed by atoms with E-state index >= 15 is 0 Å². The molecule has 0 saturated carbocycles. The van der Waals surface area contributed by atoms with Crippen molar-refractivity contribution in [1.29, 1.82) is 0 Å². The van der Waals surface area contributed by atoms with Crippen molar-refractivity contribution < 1.29 is 51.8 Å². The molecule has 0 spiro atoms. The maximum absolute atomic E-state index is 13.2. The molecular weight excluding hydrogens is 1030 g/mol. The fraction of sp³-hybridized carbons (Fsp3) is 0.925. The minimum Gasteiger partial charge on any atom is -0.394 e. The molecule has 1 heterocycles. The van der Waals surface area contributed by atoms with Crippen molar-refractivity contribution in [2.24, 2.45) is 0 Å². The third-order valence-corrected chi connectivity index (χ3v) is 16.9. The number of carbonyl (C=O) groups is 1. The highest BCUT2D eigenvalue weighted by Crippen LogP contribution is 2.26. The quantitative estimate of drug-likeness (QED) is 0.0193. The zero-order chi connectivity index (χ0) is 58.3. The highest BCUT2D eigenvalue weighted by Gasteiger charge is 2.48. The van der Waals surface area contributed by atoms with Crippen molar-refractivity contribution in [3.8, 4) is 0 Å². The van der Waals surface area contributed by atoms with Gasteiger partial charge in [0.1, 0.15) is 24.4 Å². The van der Waals surface area contributed by atoms with Gasteiger partial charge in [-0.2, -0.15) is 8.42 Å². The summed E-state index contributed by atoms with van der Waals surface area (Å²) < 4.78 is 48.0. The highest BCUT2D eigenvalue weighted by molar-refractivity contribution is 7.80. The molecular formula is C67H129NO11S. The lowest BCUT2D eigenvalue weighted by Gasteiger charge is -2.41. The first-order chi connectivity index (χ1) is 39.0. The number of carbonyl (C=O) groups excluding carboxylic acids is 1. The second-order valence-electron chi connectivity index (χ2n) is 24.1. The summed E-state index contributed by atoms with van der Waals surface area (Å²) in [5.41, 5.74) is 0. The number of amides is 1. The number of ether oxygens (including phenoxy) is 2. The second kappa shape index (κ2) is 56.7. The first kappa shape index (κ1) is 76.6. The van der Waals surface area contributed by atoms with Gasteiger partial charge in [-0.1, -0.05) is 314 Å². The van der Waals surface area contributed by atoms with Crippen molar-refractivity contribution in [3.63, 3.8) is 0 Å². The monoisotopic (exact) mass is 1160 g/mol. The van der Waals surface area contributed by atoms with Gasteiger partial charge in [0.05, 0.1) is 25.4 Å². The van der Waals surface area contributed by atoms with Crippen molar-refractivity contribution in [2.75, 3.05) is 13.2 Å². The van der Waals surface area contributed by atoms with Crippen molar-refractivity contribution >= 4 is 16.3 Å². The SMILES string of the molecule is CCCCCCCCCCCCCC/C=C\CCCCCCCCCCCCCCC(=O)NC(COC1OC(CO)C(O)C(OS(=O)(=O)O)C1O)C(O)/C=C/CCCCCCCCCCCCCCCCCCCCCCCCC. The number of hydrogen-bond donors (Lipinski definition) is 6. The number of rotatable bonds is 61. The topological polar surface area (TPSA) is 192 Å². The van der Waals surface area contributed by atoms with Gasteiger partial charge in [-0.3, -0.25) is 9.35 Å². The number of aliphatic hydroxyl groups is 4. The molecule has 6 N–H and O–H groups in total. The standard InChI is InChI=1S/C67H129NO11S/c1-3-5-7-9-11-13-15-17-19-21-23-25-27-29-30-31-33-35-37-39-41-43-45-47-49-51-53-55-57-63(71)68-60(59-77-67-65(73)66(79-80(74,75)76)64(72)62(58-69)78-67)61(70)56-54-52-50-48-46-44-42-40-38-36-34-32-28-26-24-22-20-18-16-14-12-10-8-6-4-2/h29-30,54,56,60-62,64-67,69-70,72-73H,3-28,31-53,55,57-59H2,1-2H3,(H,68,71)(H,74,75,76)/b30-29-,56-54+. The smallest absolute Gasteiger partial charge is 0.394 e. The number of allylic oxidation sites excluding steroid dienone is 3. The molecule has 0 aromatic carbocycles. The van der Waals surface area contributed by atoms with E-state index in [2.05, 4.69) is 35.5 Å². The largest absolute Gasteiger partial charge is 0.397 e. The molecule has 1 saturated heterocycles. The molecule has 1 aliphatic heterocycles. The molecule has 7 unspecified atom stereocenters. The van der Waals surface area contributed by atoms with Crippen LogP contribution in [-0.4, -0.2) is 95.4 Å². The van der Waals surface area contributed by atoms with Crippen LogP contribution in [0.25, 0.3) is 0 Å². The minimum atomic E-state index is -5.09. The average Bonchev–Trinajstić information content (AvgIpc) is 3.43. The lowest BCUT2D eigenvalue weighted by Crippen LogP contribution is -2.61. The van der Waals surface area contributed by atoms with Crippen molar-refractivity contribution in [1.82, 2.24) is 5.32 Å². The Balaban J connectivity index is 2.28. The van der Waals surface area contributed by atoms with Gasteiger partial charge in [0.15, 0.2) is 6.29 Å². The van der Waals surface area contributed by atoms with E-state index in [-0.39, 0.29) is 18.9 Å². The summed E-state index contributed by atoms with van der Waals surface area (Å²) in [6, 6.07) is -0.945. The molecule has 12 nitrogen and oxygen atoms in total. The Morgan fingerprint density at radius 1 is 0.487 bits per heavy atom. The van der Waals surface area contributed by atoms with E-state index in [9.17, 15) is 38.2 Å². The molecule has 1 amide bonds. The van der Waals surface area contributed by atoms with E-state index in [1.807, 2.05) is 6.08 Å². The number of hydrogen-bond acceptors (Lipinski definition) is 10. The molecule has 1 rings (SSSR count). The van der Waals surface area contributed by atoms with Crippen LogP contribution in [0.5, 0.6) is 0 Å². The average molecular weight is 1160 g/mol. The molecule has 7 atom stereocenters. The van der Waals surface area contributed by atoms with E-state index in [4.69, 9.17) is 9.47 Å². The van der Waals surface area contributed by atoms with Gasteiger partial charge in [-0.25, -0.2) is 4.18 Å². The number of aliphatic hydroxyl groups excluding tert-OH is 4. The van der Waals surface area contributed by atoms with E-state index < -0.39 is 59.9 Å². The normalized spacial score (nSPS) is 18.7. The molecule has 0 aromatic rings. The number of nitrogens with one attached hydrogen (secondary N) is 1. The summed E-state index contributed by atoms with van der Waals surface area (Å²) in [6.45, 7) is 3.46. The van der Waals surface area contributed by atoms with E-state index in [0.29, 0.717) is 6.42 Å². The molecule has 0 aromatic heterocycles. The van der Waals surface area contributed by atoms with Crippen LogP contribution in [0.2, 0.25) is 0 Å². The Kier molecular flexibility index (Phi) is 54.3. The van der Waals surface area contributed by atoms with Crippen LogP contribution in [0.3, 0.4) is 0 Å². The first-order valence-electron chi connectivity index (χ1n) is 34.2. The van der Waals surface area contributed by atoms with Gasteiger partial charge in [-0.05, 0) is 44.9 Å². The lowest BCUT2D eigenvalue weighted by atomic mass is 9.99. The predicted molar refractivity (Wildman–Crippen MR) is 333 cm³/mol. The lowest BCUT2D eigenvalue weighted by molar-refractivity contribution is -0.298. The Labute approximate surface area is 493 Å². The van der Waals surface area contributed by atoms with Crippen LogP contribution >= 0.6 is 0 Å². The molecule has 13 heteroatoms. The molecule has 0 bridgehead atoms. The van der Waals surface area contributed by atoms with Crippen LogP contribution in [0.1, 0.15) is 341 Å². The first-order valence-corrected chi connectivity index (χ1v) is 35.6.